The number of alkyl carbamates (subject to hydrolysis) is 1. The van der Waals surface area contributed by atoms with Crippen molar-refractivity contribution in [3.05, 3.63) is 42.4 Å². The Morgan fingerprint density at radius 2 is 2.04 bits per heavy atom. The van der Waals surface area contributed by atoms with Gasteiger partial charge in [0, 0.05) is 13.7 Å². The van der Waals surface area contributed by atoms with Gasteiger partial charge in [-0.1, -0.05) is 30.3 Å². The second kappa shape index (κ2) is 8.88. The average Bonchev–Trinajstić information content (AvgIpc) is 3.40. The van der Waals surface area contributed by atoms with Gasteiger partial charge < -0.3 is 24.7 Å². The van der Waals surface area contributed by atoms with Crippen molar-refractivity contribution in [1.29, 1.82) is 0 Å². The fourth-order valence-electron chi connectivity index (χ4n) is 3.47. The van der Waals surface area contributed by atoms with E-state index in [0.29, 0.717) is 6.54 Å². The van der Waals surface area contributed by atoms with Crippen molar-refractivity contribution >= 4 is 12.0 Å². The lowest BCUT2D eigenvalue weighted by molar-refractivity contribution is -0.137. The highest BCUT2D eigenvalue weighted by Gasteiger charge is 2.38. The van der Waals surface area contributed by atoms with Gasteiger partial charge in [0.2, 0.25) is 5.91 Å². The number of rotatable bonds is 6. The molecule has 1 aromatic carbocycles. The molecule has 0 saturated carbocycles. The van der Waals surface area contributed by atoms with Gasteiger partial charge in [-0.25, -0.2) is 9.78 Å². The van der Waals surface area contributed by atoms with Gasteiger partial charge >= 0.3 is 6.09 Å². The smallest absolute Gasteiger partial charge is 0.407 e. The maximum atomic E-state index is 13.2. The monoisotopic (exact) mass is 386 g/mol. The number of benzene rings is 1. The number of ether oxygens (including phenoxy) is 2. The van der Waals surface area contributed by atoms with Crippen LogP contribution < -0.4 is 5.32 Å². The molecule has 1 aliphatic rings. The van der Waals surface area contributed by atoms with Crippen LogP contribution in [-0.4, -0.2) is 59.8 Å². The number of aromatic nitrogens is 2. The number of methoxy groups -OCH3 is 2. The lowest BCUT2D eigenvalue weighted by Crippen LogP contribution is -2.54. The van der Waals surface area contributed by atoms with E-state index in [4.69, 9.17) is 4.74 Å². The molecule has 1 fully saturated rings. The molecule has 0 bridgehead atoms. The van der Waals surface area contributed by atoms with Gasteiger partial charge in [0.05, 0.1) is 31.1 Å². The van der Waals surface area contributed by atoms with Crippen LogP contribution >= 0.6 is 0 Å². The minimum absolute atomic E-state index is 0.170. The zero-order chi connectivity index (χ0) is 20.1. The summed E-state index contributed by atoms with van der Waals surface area (Å²) in [6.07, 6.45) is 2.30. The van der Waals surface area contributed by atoms with E-state index >= 15 is 0 Å². The third-order valence-corrected chi connectivity index (χ3v) is 5.10. The van der Waals surface area contributed by atoms with Gasteiger partial charge in [0.25, 0.3) is 0 Å². The third kappa shape index (κ3) is 4.17. The molecule has 2 aromatic rings. The van der Waals surface area contributed by atoms with Gasteiger partial charge in [-0.05, 0) is 25.3 Å². The number of carbonyl (C=O) groups excluding carboxylic acids is 2. The zero-order valence-electron chi connectivity index (χ0n) is 16.3. The van der Waals surface area contributed by atoms with Crippen LogP contribution in [0.5, 0.6) is 0 Å². The number of likely N-dealkylation sites (tertiary alicyclic amines) is 1. The number of nitrogens with zero attached hydrogens (tertiary/aromatic N) is 2. The average molecular weight is 386 g/mol. The van der Waals surface area contributed by atoms with Crippen molar-refractivity contribution < 1.29 is 19.1 Å². The molecule has 8 nitrogen and oxygen atoms in total. The van der Waals surface area contributed by atoms with Crippen LogP contribution in [-0.2, 0) is 14.3 Å². The first kappa shape index (κ1) is 19.9. The zero-order valence-corrected chi connectivity index (χ0v) is 16.3. The van der Waals surface area contributed by atoms with E-state index in [-0.39, 0.29) is 11.9 Å². The predicted octanol–water partition coefficient (Wildman–Crippen LogP) is 2.50. The Labute approximate surface area is 164 Å². The summed E-state index contributed by atoms with van der Waals surface area (Å²) in [5, 5.41) is 2.59. The maximum Gasteiger partial charge on any atom is 0.407 e. The van der Waals surface area contributed by atoms with E-state index in [1.807, 2.05) is 30.3 Å². The SMILES string of the molecule is COC(=O)N[C@H](C(=O)N1CCC[C@H]1c1ncc(-c2ccccc2)[nH]1)[C@@H](C)OC. The molecular weight excluding hydrogens is 360 g/mol. The lowest BCUT2D eigenvalue weighted by Gasteiger charge is -2.30. The number of hydrogen-bond donors (Lipinski definition) is 2. The Balaban J connectivity index is 1.80. The van der Waals surface area contributed by atoms with Crippen LogP contribution in [0.4, 0.5) is 4.79 Å². The van der Waals surface area contributed by atoms with E-state index < -0.39 is 18.2 Å². The van der Waals surface area contributed by atoms with E-state index in [2.05, 4.69) is 20.0 Å². The fourth-order valence-corrected chi connectivity index (χ4v) is 3.47. The Morgan fingerprint density at radius 1 is 1.29 bits per heavy atom. The molecule has 3 rings (SSSR count). The molecule has 1 aromatic heterocycles. The van der Waals surface area contributed by atoms with Crippen LogP contribution in [0, 0.1) is 0 Å². The highest BCUT2D eigenvalue weighted by atomic mass is 16.5. The van der Waals surface area contributed by atoms with Crippen molar-refractivity contribution in [2.24, 2.45) is 0 Å². The topological polar surface area (TPSA) is 96.5 Å². The molecule has 0 spiro atoms. The van der Waals surface area contributed by atoms with Crippen LogP contribution in [0.1, 0.15) is 31.6 Å². The Morgan fingerprint density at radius 3 is 2.71 bits per heavy atom. The van der Waals surface area contributed by atoms with Crippen molar-refractivity contribution in [2.45, 2.75) is 38.0 Å². The summed E-state index contributed by atoms with van der Waals surface area (Å²) < 4.78 is 9.96. The Bertz CT molecular complexity index is 808. The molecule has 28 heavy (non-hydrogen) atoms. The number of nitrogens with one attached hydrogen (secondary N) is 2. The second-order valence-electron chi connectivity index (χ2n) is 6.79. The molecule has 1 saturated heterocycles. The Hall–Kier alpha value is -2.87. The second-order valence-corrected chi connectivity index (χ2v) is 6.79. The summed E-state index contributed by atoms with van der Waals surface area (Å²) in [6.45, 7) is 2.34. The first-order valence-electron chi connectivity index (χ1n) is 9.33. The van der Waals surface area contributed by atoms with Crippen molar-refractivity contribution in [3.63, 3.8) is 0 Å². The summed E-state index contributed by atoms with van der Waals surface area (Å²) in [7, 11) is 2.77. The van der Waals surface area contributed by atoms with E-state index in [9.17, 15) is 9.59 Å². The number of imidazole rings is 1. The summed E-state index contributed by atoms with van der Waals surface area (Å²) in [4.78, 5) is 34.5. The minimum atomic E-state index is -0.832. The first-order valence-corrected chi connectivity index (χ1v) is 9.33. The molecule has 150 valence electrons. The standard InChI is InChI=1S/C20H26N4O4/c1-13(27-2)17(23-20(26)28-3)19(25)24-11-7-10-16(24)18-21-12-15(22-18)14-8-5-4-6-9-14/h4-6,8-9,12-13,16-17H,7,10-11H2,1-3H3,(H,21,22)(H,23,26)/t13-,16+,17+/m1/s1. The number of hydrogen-bond acceptors (Lipinski definition) is 5. The van der Waals surface area contributed by atoms with Gasteiger partial charge in [-0.15, -0.1) is 0 Å². The lowest BCUT2D eigenvalue weighted by atomic mass is 10.1. The molecule has 8 heteroatoms. The van der Waals surface area contributed by atoms with E-state index in [1.54, 1.807) is 18.0 Å². The summed E-state index contributed by atoms with van der Waals surface area (Å²) in [5.74, 6) is 0.534. The minimum Gasteiger partial charge on any atom is -0.453 e. The number of aromatic amines is 1. The molecular formula is C20H26N4O4. The number of amides is 2. The molecule has 2 heterocycles. The van der Waals surface area contributed by atoms with Gasteiger partial charge in [0.15, 0.2) is 0 Å². The van der Waals surface area contributed by atoms with Gasteiger partial charge in [-0.2, -0.15) is 0 Å². The van der Waals surface area contributed by atoms with Crippen LogP contribution in [0.2, 0.25) is 0 Å². The molecule has 3 atom stereocenters. The highest BCUT2D eigenvalue weighted by molar-refractivity contribution is 5.86. The van der Waals surface area contributed by atoms with Crippen molar-refractivity contribution in [1.82, 2.24) is 20.2 Å². The molecule has 0 aliphatic carbocycles. The summed E-state index contributed by atoms with van der Waals surface area (Å²) in [5.41, 5.74) is 1.94. The molecule has 2 amide bonds. The van der Waals surface area contributed by atoms with Gasteiger partial charge in [0.1, 0.15) is 11.9 Å². The predicted molar refractivity (Wildman–Crippen MR) is 104 cm³/mol. The van der Waals surface area contributed by atoms with Crippen LogP contribution in [0.15, 0.2) is 36.5 Å². The number of H-pyrrole nitrogens is 1. The Kier molecular flexibility index (Phi) is 6.30. The molecule has 0 unspecified atom stereocenters. The van der Waals surface area contributed by atoms with Crippen LogP contribution in [0.25, 0.3) is 11.3 Å². The first-order chi connectivity index (χ1) is 13.5. The van der Waals surface area contributed by atoms with E-state index in [0.717, 1.165) is 29.9 Å². The molecule has 0 radical (unpaired) electrons. The van der Waals surface area contributed by atoms with Crippen molar-refractivity contribution in [3.8, 4) is 11.3 Å². The highest BCUT2D eigenvalue weighted by Crippen LogP contribution is 2.32. The molecule has 1 aliphatic heterocycles. The van der Waals surface area contributed by atoms with Crippen LogP contribution in [0.3, 0.4) is 0 Å². The largest absolute Gasteiger partial charge is 0.453 e. The quantitative estimate of drug-likeness (QED) is 0.795. The fraction of sp³-hybridized carbons (Fsp3) is 0.450. The van der Waals surface area contributed by atoms with Gasteiger partial charge in [-0.3, -0.25) is 4.79 Å². The molecule has 2 N–H and O–H groups in total. The third-order valence-electron chi connectivity index (χ3n) is 5.10. The van der Waals surface area contributed by atoms with E-state index in [1.165, 1.54) is 14.2 Å². The summed E-state index contributed by atoms with van der Waals surface area (Å²) in [6, 6.07) is 8.91. The summed E-state index contributed by atoms with van der Waals surface area (Å²) >= 11 is 0. The maximum absolute atomic E-state index is 13.2. The van der Waals surface area contributed by atoms with Crippen molar-refractivity contribution in [2.75, 3.05) is 20.8 Å². The number of carbonyl (C=O) groups is 2. The normalized spacial score (nSPS) is 18.5.